The maximum atomic E-state index is 14.7. The number of amides is 1. The molecule has 2 aromatic carbocycles. The molecule has 0 spiro atoms. The van der Waals surface area contributed by atoms with Gasteiger partial charge < -0.3 is 38.9 Å². The quantitative estimate of drug-likeness (QED) is 0.0773. The number of nitrogens with zero attached hydrogens (tertiary/aromatic N) is 2. The van der Waals surface area contributed by atoms with E-state index < -0.39 is 24.0 Å². The highest BCUT2D eigenvalue weighted by Gasteiger charge is 2.65. The second kappa shape index (κ2) is 20.7. The highest BCUT2D eigenvalue weighted by atomic mass is 19.1. The molecule has 0 radical (unpaired) electrons. The second-order valence-corrected chi connectivity index (χ2v) is 17.2. The fraction of sp³-hybridized carbons (Fsp3) is 0.625. The third-order valence-corrected chi connectivity index (χ3v) is 13.5. The van der Waals surface area contributed by atoms with Crippen LogP contribution in [-0.2, 0) is 25.7 Å². The molecule has 5 aliphatic rings. The van der Waals surface area contributed by atoms with Crippen LogP contribution in [-0.4, -0.2) is 78.3 Å². The number of allylic oxidation sites excluding steroid dienone is 1. The van der Waals surface area contributed by atoms with Crippen molar-refractivity contribution in [2.24, 2.45) is 28.8 Å². The number of oxime groups is 1. The summed E-state index contributed by atoms with van der Waals surface area (Å²) in [5, 5.41) is 24.7. The zero-order valence-corrected chi connectivity index (χ0v) is 34.9. The molecule has 59 heavy (non-hydrogen) atoms. The minimum Gasteiger partial charge on any atom is -0.489 e. The van der Waals surface area contributed by atoms with Crippen LogP contribution in [0.5, 0.6) is 11.5 Å². The average molecular weight is 817 g/mol. The van der Waals surface area contributed by atoms with Crippen LogP contribution >= 0.6 is 0 Å². The molecule has 2 saturated carbocycles. The highest BCUT2D eigenvalue weighted by Crippen LogP contribution is 2.62. The zero-order chi connectivity index (χ0) is 41.2. The number of unbranched alkanes of at least 4 members (excludes halogenated alkanes) is 2. The van der Waals surface area contributed by atoms with Gasteiger partial charge in [-0.25, -0.2) is 4.39 Å². The number of hydrogen-bond acceptors (Lipinski definition) is 9. The summed E-state index contributed by atoms with van der Waals surface area (Å²) in [6, 6.07) is 11.9. The van der Waals surface area contributed by atoms with Crippen LogP contribution in [0.25, 0.3) is 0 Å². The number of benzene rings is 2. The molecule has 1 saturated heterocycles. The third-order valence-electron chi connectivity index (χ3n) is 13.5. The lowest BCUT2D eigenvalue weighted by molar-refractivity contribution is -0.256. The van der Waals surface area contributed by atoms with Crippen LogP contribution in [0, 0.1) is 29.5 Å². The molecule has 11 heteroatoms. The third kappa shape index (κ3) is 9.90. The van der Waals surface area contributed by atoms with Gasteiger partial charge in [-0.15, -0.1) is 6.58 Å². The molecule has 10 nitrogen and oxygen atoms in total. The fourth-order valence-corrected chi connectivity index (χ4v) is 10.5. The number of aliphatic hydroxyl groups is 2. The summed E-state index contributed by atoms with van der Waals surface area (Å²) in [5.41, 5.74) is 3.16. The van der Waals surface area contributed by atoms with Crippen LogP contribution in [0.2, 0.25) is 0 Å². The topological polar surface area (TPSA) is 119 Å². The van der Waals surface area contributed by atoms with E-state index in [1.165, 1.54) is 31.7 Å². The van der Waals surface area contributed by atoms with Gasteiger partial charge in [0, 0.05) is 56.6 Å². The van der Waals surface area contributed by atoms with Gasteiger partial charge in [0.2, 0.25) is 18.0 Å². The van der Waals surface area contributed by atoms with E-state index in [4.69, 9.17) is 28.9 Å². The lowest BCUT2D eigenvalue weighted by Crippen LogP contribution is -2.69. The van der Waals surface area contributed by atoms with E-state index in [1.807, 2.05) is 30.1 Å². The Morgan fingerprint density at radius 2 is 1.80 bits per heavy atom. The second-order valence-electron chi connectivity index (χ2n) is 17.2. The maximum absolute atomic E-state index is 14.7. The van der Waals surface area contributed by atoms with Gasteiger partial charge in [0.1, 0.15) is 30.0 Å². The average Bonchev–Trinajstić information content (AvgIpc) is 3.79. The Bertz CT molecular complexity index is 1770. The molecular weight excluding hydrogens is 752 g/mol. The van der Waals surface area contributed by atoms with Gasteiger partial charge in [-0.1, -0.05) is 74.0 Å². The van der Waals surface area contributed by atoms with Crippen molar-refractivity contribution in [3.05, 3.63) is 83.7 Å². The fourth-order valence-electron chi connectivity index (χ4n) is 10.5. The Morgan fingerprint density at radius 1 is 1.02 bits per heavy atom. The molecule has 3 aliphatic carbocycles. The van der Waals surface area contributed by atoms with Crippen molar-refractivity contribution in [3.63, 3.8) is 0 Å². The first kappa shape index (κ1) is 43.3. The summed E-state index contributed by atoms with van der Waals surface area (Å²) in [6.07, 6.45) is 17.5. The summed E-state index contributed by atoms with van der Waals surface area (Å²) < 4.78 is 41.3. The van der Waals surface area contributed by atoms with Gasteiger partial charge in [-0.2, -0.15) is 0 Å². The van der Waals surface area contributed by atoms with Crippen molar-refractivity contribution in [1.82, 2.24) is 4.90 Å². The Kier molecular flexibility index (Phi) is 15.2. The summed E-state index contributed by atoms with van der Waals surface area (Å²) in [7, 11) is 1.88. The number of halogens is 1. The first-order valence-corrected chi connectivity index (χ1v) is 22.3. The minimum atomic E-state index is -1.31. The zero-order valence-electron chi connectivity index (χ0n) is 34.9. The normalized spacial score (nSPS) is 28.3. The van der Waals surface area contributed by atoms with Crippen molar-refractivity contribution >= 4 is 11.6 Å². The molecule has 0 aromatic heterocycles. The van der Waals surface area contributed by atoms with Gasteiger partial charge in [-0.3, -0.25) is 4.79 Å². The van der Waals surface area contributed by atoms with E-state index in [0.29, 0.717) is 55.3 Å². The van der Waals surface area contributed by atoms with E-state index in [1.54, 1.807) is 24.3 Å². The molecule has 3 fully saturated rings. The smallest absolute Gasteiger partial charge is 0.239 e. The van der Waals surface area contributed by atoms with Crippen molar-refractivity contribution in [2.75, 3.05) is 33.5 Å². The Hall–Kier alpha value is -3.77. The first-order valence-electron chi connectivity index (χ1n) is 22.3. The summed E-state index contributed by atoms with van der Waals surface area (Å²) in [6.45, 7) is 5.14. The molecule has 2 aliphatic heterocycles. The van der Waals surface area contributed by atoms with E-state index in [9.17, 15) is 19.4 Å². The van der Waals surface area contributed by atoms with E-state index in [0.717, 1.165) is 68.2 Å². The van der Waals surface area contributed by atoms with Crippen LogP contribution in [0.1, 0.15) is 120 Å². The van der Waals surface area contributed by atoms with Crippen molar-refractivity contribution < 1.29 is 43.2 Å². The van der Waals surface area contributed by atoms with Crippen LogP contribution in [0.15, 0.2) is 71.9 Å². The molecule has 322 valence electrons. The highest BCUT2D eigenvalue weighted by molar-refractivity contribution is 6.03. The molecule has 7 rings (SSSR count). The number of hydrogen-bond donors (Lipinski definition) is 2. The molecular formula is C48H65FN2O8. The number of rotatable bonds is 20. The summed E-state index contributed by atoms with van der Waals surface area (Å²) in [5.74, 6) is -0.186. The van der Waals surface area contributed by atoms with Crippen LogP contribution in [0.3, 0.4) is 0 Å². The number of likely N-dealkylation sites (N-methyl/N-ethyl adjacent to an activating group) is 1. The van der Waals surface area contributed by atoms with Crippen molar-refractivity contribution in [3.8, 4) is 11.5 Å². The van der Waals surface area contributed by atoms with E-state index in [-0.39, 0.29) is 55.9 Å². The monoisotopic (exact) mass is 816 g/mol. The Labute approximate surface area is 349 Å². The standard InChI is InChI=1S/C48H65FN2O8/c1-3-27-57-48-43(51(2)44(54)24-21-33-14-4-5-15-33)31-41(50-59-45-20-10-13-28-55-45)38-29-34(16-8-11-25-52)37(18-9-12-26-53)46(47(38)48)39-30-36(22-23-42(39)58-48)56-32-35-17-6-7-19-40(35)49/h3,6-7,17,19,22-23,29-30,33-34,37,43,45-47,52-53H,1,4-5,8-16,18,20-21,24-28,31-32H2,2H3/t34-,37+,43-,45?,46+,47+,48+/m0/s1. The number of fused-ring (bicyclic) bond motifs is 2. The molecule has 2 N–H and O–H groups in total. The number of carbonyl (C=O) groups is 1. The maximum Gasteiger partial charge on any atom is 0.239 e. The summed E-state index contributed by atoms with van der Waals surface area (Å²) in [4.78, 5) is 22.5. The first-order chi connectivity index (χ1) is 28.9. The van der Waals surface area contributed by atoms with Gasteiger partial charge >= 0.3 is 0 Å². The molecule has 1 amide bonds. The largest absolute Gasteiger partial charge is 0.489 e. The molecule has 0 bridgehead atoms. The van der Waals surface area contributed by atoms with Gasteiger partial charge in [0.15, 0.2) is 0 Å². The van der Waals surface area contributed by atoms with Crippen LogP contribution in [0.4, 0.5) is 4.39 Å². The van der Waals surface area contributed by atoms with Gasteiger partial charge in [0.25, 0.3) is 0 Å². The van der Waals surface area contributed by atoms with E-state index in [2.05, 4.69) is 12.7 Å². The Balaban J connectivity index is 1.36. The number of aliphatic hydroxyl groups excluding tert-OH is 2. The minimum absolute atomic E-state index is 0.0480. The van der Waals surface area contributed by atoms with E-state index >= 15 is 0 Å². The van der Waals surface area contributed by atoms with Crippen LogP contribution < -0.4 is 9.47 Å². The summed E-state index contributed by atoms with van der Waals surface area (Å²) >= 11 is 0. The SMILES string of the molecule is C=CCO[C@@]12Oc3ccc(OCc4ccccc4F)cc3[C@H]3[C@H](CCCCO)[C@@H](CCCCO)C=C(C(=NOC4CCCCO4)C[C@@H]1N(C)C(=O)CCC1CCCC1)[C@H]32. The van der Waals surface area contributed by atoms with Crippen molar-refractivity contribution in [1.29, 1.82) is 0 Å². The van der Waals surface area contributed by atoms with Gasteiger partial charge in [-0.05, 0) is 92.5 Å². The lowest BCUT2D eigenvalue weighted by Gasteiger charge is -2.59. The van der Waals surface area contributed by atoms with Gasteiger partial charge in [0.05, 0.1) is 24.8 Å². The molecule has 2 heterocycles. The predicted molar refractivity (Wildman–Crippen MR) is 224 cm³/mol. The number of carbonyl (C=O) groups excluding carboxylic acids is 1. The predicted octanol–water partition coefficient (Wildman–Crippen LogP) is 8.99. The lowest BCUT2D eigenvalue weighted by atomic mass is 9.55. The molecule has 7 atom stereocenters. The molecule has 1 unspecified atom stereocenters. The Morgan fingerprint density at radius 3 is 2.54 bits per heavy atom. The number of ether oxygens (including phenoxy) is 4. The van der Waals surface area contributed by atoms with Crippen molar-refractivity contribution in [2.45, 2.75) is 133 Å². The molecule has 2 aromatic rings.